The molecule has 1 aromatic carbocycles. The van der Waals surface area contributed by atoms with Crippen LogP contribution in [-0.2, 0) is 4.74 Å². The average molecular weight is 381 g/mol. The van der Waals surface area contributed by atoms with E-state index in [-0.39, 0.29) is 5.69 Å². The van der Waals surface area contributed by atoms with Crippen LogP contribution in [0.15, 0.2) is 30.5 Å². The molecular weight excluding hydrogens is 365 g/mol. The van der Waals surface area contributed by atoms with Gasteiger partial charge in [-0.25, -0.2) is 14.2 Å². The van der Waals surface area contributed by atoms with E-state index in [0.717, 1.165) is 18.5 Å². The third kappa shape index (κ3) is 3.50. The molecule has 2 heterocycles. The van der Waals surface area contributed by atoms with Crippen LogP contribution in [0, 0.1) is 17.1 Å². The number of carbonyl (C=O) groups is 1. The SMILES string of the molecule is COC(=O)Nc1cc(Nc2cc(NC3CC3)c3ncc(C#N)n3n2)ccc1F. The van der Waals surface area contributed by atoms with Crippen LogP contribution in [0.4, 0.5) is 32.1 Å². The lowest BCUT2D eigenvalue weighted by molar-refractivity contribution is 0.187. The number of nitrogens with one attached hydrogen (secondary N) is 3. The molecule has 0 bridgehead atoms. The van der Waals surface area contributed by atoms with Crippen molar-refractivity contribution >= 4 is 34.6 Å². The van der Waals surface area contributed by atoms with E-state index in [0.29, 0.717) is 28.9 Å². The number of hydrogen-bond donors (Lipinski definition) is 3. The molecule has 2 aromatic heterocycles. The Hall–Kier alpha value is -3.87. The third-order valence-corrected chi connectivity index (χ3v) is 4.18. The zero-order chi connectivity index (χ0) is 19.7. The molecule has 1 amide bonds. The van der Waals surface area contributed by atoms with Crippen LogP contribution in [0.5, 0.6) is 0 Å². The maximum absolute atomic E-state index is 13.9. The van der Waals surface area contributed by atoms with Gasteiger partial charge in [-0.15, -0.1) is 5.10 Å². The number of rotatable bonds is 5. The summed E-state index contributed by atoms with van der Waals surface area (Å²) in [7, 11) is 1.20. The van der Waals surface area contributed by atoms with E-state index in [2.05, 4.69) is 36.8 Å². The van der Waals surface area contributed by atoms with E-state index in [1.165, 1.54) is 36.0 Å². The highest BCUT2D eigenvalue weighted by Gasteiger charge is 2.23. The van der Waals surface area contributed by atoms with Gasteiger partial charge in [0.2, 0.25) is 0 Å². The Morgan fingerprint density at radius 2 is 2.18 bits per heavy atom. The number of benzene rings is 1. The number of imidazole rings is 1. The maximum Gasteiger partial charge on any atom is 0.411 e. The minimum absolute atomic E-state index is 0.0328. The molecule has 0 radical (unpaired) electrons. The summed E-state index contributed by atoms with van der Waals surface area (Å²) in [6, 6.07) is 8.36. The van der Waals surface area contributed by atoms with Crippen molar-refractivity contribution in [2.75, 3.05) is 23.1 Å². The lowest BCUT2D eigenvalue weighted by atomic mass is 10.2. The molecule has 0 aliphatic heterocycles. The van der Waals surface area contributed by atoms with Crippen LogP contribution < -0.4 is 16.0 Å². The van der Waals surface area contributed by atoms with Gasteiger partial charge in [0, 0.05) is 17.8 Å². The molecule has 1 aliphatic carbocycles. The monoisotopic (exact) mass is 381 g/mol. The molecule has 1 fully saturated rings. The molecule has 142 valence electrons. The molecule has 9 nitrogen and oxygen atoms in total. The van der Waals surface area contributed by atoms with Crippen molar-refractivity contribution in [1.82, 2.24) is 14.6 Å². The molecule has 1 saturated carbocycles. The zero-order valence-corrected chi connectivity index (χ0v) is 14.9. The Balaban J connectivity index is 1.68. The summed E-state index contributed by atoms with van der Waals surface area (Å²) in [5, 5.41) is 22.4. The van der Waals surface area contributed by atoms with Gasteiger partial charge in [-0.1, -0.05) is 0 Å². The highest BCUT2D eigenvalue weighted by Crippen LogP contribution is 2.30. The smallest absolute Gasteiger partial charge is 0.411 e. The van der Waals surface area contributed by atoms with Gasteiger partial charge in [-0.05, 0) is 31.0 Å². The molecule has 0 unspecified atom stereocenters. The molecule has 0 spiro atoms. The van der Waals surface area contributed by atoms with E-state index in [4.69, 9.17) is 0 Å². The summed E-state index contributed by atoms with van der Waals surface area (Å²) in [4.78, 5) is 15.6. The Kier molecular flexibility index (Phi) is 4.41. The molecule has 28 heavy (non-hydrogen) atoms. The zero-order valence-electron chi connectivity index (χ0n) is 14.9. The van der Waals surface area contributed by atoms with E-state index >= 15 is 0 Å². The highest BCUT2D eigenvalue weighted by atomic mass is 19.1. The number of aromatic nitrogens is 3. The molecule has 1 aliphatic rings. The van der Waals surface area contributed by atoms with Crippen LogP contribution in [0.25, 0.3) is 5.65 Å². The minimum atomic E-state index is -0.774. The number of fused-ring (bicyclic) bond motifs is 1. The van der Waals surface area contributed by atoms with Gasteiger partial charge in [0.05, 0.1) is 24.7 Å². The van der Waals surface area contributed by atoms with Crippen molar-refractivity contribution in [2.45, 2.75) is 18.9 Å². The van der Waals surface area contributed by atoms with E-state index in [1.54, 1.807) is 6.07 Å². The van der Waals surface area contributed by atoms with Gasteiger partial charge >= 0.3 is 6.09 Å². The lowest BCUT2D eigenvalue weighted by Crippen LogP contribution is -2.12. The van der Waals surface area contributed by atoms with Gasteiger partial charge in [-0.3, -0.25) is 5.32 Å². The molecule has 0 atom stereocenters. The van der Waals surface area contributed by atoms with Gasteiger partial charge in [0.25, 0.3) is 0 Å². The fourth-order valence-electron chi connectivity index (χ4n) is 2.67. The van der Waals surface area contributed by atoms with Crippen molar-refractivity contribution in [3.63, 3.8) is 0 Å². The Bertz CT molecular complexity index is 1100. The van der Waals surface area contributed by atoms with Crippen molar-refractivity contribution in [3.8, 4) is 6.07 Å². The molecule has 10 heteroatoms. The second-order valence-electron chi connectivity index (χ2n) is 6.29. The number of nitrogens with zero attached hydrogens (tertiary/aromatic N) is 4. The predicted molar refractivity (Wildman–Crippen MR) is 100 cm³/mol. The Morgan fingerprint density at radius 3 is 2.89 bits per heavy atom. The summed E-state index contributed by atoms with van der Waals surface area (Å²) in [6.45, 7) is 0. The number of nitriles is 1. The fourth-order valence-corrected chi connectivity index (χ4v) is 2.67. The van der Waals surface area contributed by atoms with Crippen LogP contribution in [0.1, 0.15) is 18.5 Å². The van der Waals surface area contributed by atoms with Crippen molar-refractivity contribution in [1.29, 1.82) is 5.26 Å². The quantitative estimate of drug-likeness (QED) is 0.621. The first kappa shape index (κ1) is 17.5. The Morgan fingerprint density at radius 1 is 1.36 bits per heavy atom. The molecule has 3 aromatic rings. The van der Waals surface area contributed by atoms with Crippen LogP contribution in [-0.4, -0.2) is 33.8 Å². The first-order valence-electron chi connectivity index (χ1n) is 8.54. The van der Waals surface area contributed by atoms with Gasteiger partial charge in [0.15, 0.2) is 17.2 Å². The minimum Gasteiger partial charge on any atom is -0.453 e. The van der Waals surface area contributed by atoms with E-state index in [9.17, 15) is 14.4 Å². The van der Waals surface area contributed by atoms with Crippen molar-refractivity contribution in [2.24, 2.45) is 0 Å². The maximum atomic E-state index is 13.9. The van der Waals surface area contributed by atoms with Crippen LogP contribution in [0.2, 0.25) is 0 Å². The standard InChI is InChI=1S/C18H16FN7O2/c1-28-18(27)24-14-6-11(4-5-13(14)19)23-16-7-15(22-10-2-3-10)17-21-9-12(8-20)26(17)25-16/h4-7,9-10,22H,2-3H2,1H3,(H,23,25)(H,24,27). The van der Waals surface area contributed by atoms with Crippen LogP contribution >= 0.6 is 0 Å². The van der Waals surface area contributed by atoms with E-state index in [1.807, 2.05) is 0 Å². The average Bonchev–Trinajstić information content (AvgIpc) is 3.40. The van der Waals surface area contributed by atoms with Crippen LogP contribution in [0.3, 0.4) is 0 Å². The third-order valence-electron chi connectivity index (χ3n) is 4.18. The summed E-state index contributed by atoms with van der Waals surface area (Å²) < 4.78 is 19.9. The summed E-state index contributed by atoms with van der Waals surface area (Å²) in [5.41, 5.74) is 2.06. The molecule has 3 N–H and O–H groups in total. The summed E-state index contributed by atoms with van der Waals surface area (Å²) in [5.74, 6) is -0.169. The molecular formula is C18H16FN7O2. The van der Waals surface area contributed by atoms with Crippen molar-refractivity contribution < 1.29 is 13.9 Å². The number of hydrogen-bond acceptors (Lipinski definition) is 7. The fraction of sp³-hybridized carbons (Fsp3) is 0.222. The first-order chi connectivity index (χ1) is 13.6. The van der Waals surface area contributed by atoms with Crippen molar-refractivity contribution in [3.05, 3.63) is 42.0 Å². The number of methoxy groups -OCH3 is 1. The molecule has 4 rings (SSSR count). The summed E-state index contributed by atoms with van der Waals surface area (Å²) >= 11 is 0. The number of halogens is 1. The molecule has 0 saturated heterocycles. The normalized spacial score (nSPS) is 13.0. The van der Waals surface area contributed by atoms with E-state index < -0.39 is 11.9 Å². The largest absolute Gasteiger partial charge is 0.453 e. The highest BCUT2D eigenvalue weighted by molar-refractivity contribution is 5.85. The number of ether oxygens (including phenoxy) is 1. The number of anilines is 4. The predicted octanol–water partition coefficient (Wildman–Crippen LogP) is 3.24. The second-order valence-corrected chi connectivity index (χ2v) is 6.29. The Labute approximate surface area is 159 Å². The lowest BCUT2D eigenvalue weighted by Gasteiger charge is -2.12. The first-order valence-corrected chi connectivity index (χ1v) is 8.54. The summed E-state index contributed by atoms with van der Waals surface area (Å²) in [6.07, 6.45) is 2.83. The van der Waals surface area contributed by atoms with Gasteiger partial charge < -0.3 is 15.4 Å². The second kappa shape index (κ2) is 7.03. The number of carbonyl (C=O) groups excluding carboxylic acids is 1. The number of amides is 1. The topological polar surface area (TPSA) is 116 Å². The van der Waals surface area contributed by atoms with Gasteiger partial charge in [0.1, 0.15) is 11.9 Å². The van der Waals surface area contributed by atoms with Gasteiger partial charge in [-0.2, -0.15) is 9.78 Å².